The molecule has 3 aromatic carbocycles. The van der Waals surface area contributed by atoms with Gasteiger partial charge < -0.3 is 0 Å². The molecule has 210 valence electrons. The van der Waals surface area contributed by atoms with E-state index >= 15 is 0 Å². The highest BCUT2D eigenvalue weighted by molar-refractivity contribution is 6.08. The minimum absolute atomic E-state index is 0.651. The lowest BCUT2D eigenvalue weighted by Crippen LogP contribution is -1.99. The Morgan fingerprint density at radius 3 is 1.73 bits per heavy atom. The van der Waals surface area contributed by atoms with Crippen LogP contribution in [0.3, 0.4) is 0 Å². The summed E-state index contributed by atoms with van der Waals surface area (Å²) in [4.78, 5) is 19.4. The molecule has 0 radical (unpaired) electrons. The molecule has 6 heteroatoms. The summed E-state index contributed by atoms with van der Waals surface area (Å²) in [6.45, 7) is 0. The van der Waals surface area contributed by atoms with Crippen LogP contribution >= 0.6 is 0 Å². The van der Waals surface area contributed by atoms with Crippen molar-refractivity contribution in [3.8, 4) is 57.0 Å². The van der Waals surface area contributed by atoms with Gasteiger partial charge in [-0.1, -0.05) is 72.8 Å². The molecule has 0 fully saturated rings. The van der Waals surface area contributed by atoms with E-state index in [1.54, 1.807) is 0 Å². The Bertz CT molecular complexity index is 2330. The fourth-order valence-electron chi connectivity index (χ4n) is 5.78. The molecule has 8 rings (SSSR count). The summed E-state index contributed by atoms with van der Waals surface area (Å²) in [6, 6.07) is 46.4. The number of fused-ring (bicyclic) bond motifs is 3. The van der Waals surface area contributed by atoms with Gasteiger partial charge in [-0.25, -0.2) is 15.0 Å². The molecule has 5 heterocycles. The third-order valence-corrected chi connectivity index (χ3v) is 7.99. The van der Waals surface area contributed by atoms with Crippen molar-refractivity contribution in [1.29, 1.82) is 5.26 Å². The van der Waals surface area contributed by atoms with E-state index in [1.165, 1.54) is 0 Å². The molecular formula is C39H24N6. The van der Waals surface area contributed by atoms with Crippen LogP contribution in [0.2, 0.25) is 0 Å². The second-order valence-electron chi connectivity index (χ2n) is 10.7. The van der Waals surface area contributed by atoms with E-state index in [4.69, 9.17) is 20.2 Å². The number of nitrogens with zero attached hydrogens (tertiary/aromatic N) is 6. The van der Waals surface area contributed by atoms with Gasteiger partial charge in [0.15, 0.2) is 0 Å². The van der Waals surface area contributed by atoms with E-state index in [0.717, 1.165) is 72.8 Å². The molecule has 0 atom stereocenters. The molecule has 0 aliphatic rings. The molecule has 5 aromatic heterocycles. The Morgan fingerprint density at radius 2 is 1.02 bits per heavy atom. The van der Waals surface area contributed by atoms with E-state index in [9.17, 15) is 0 Å². The van der Waals surface area contributed by atoms with Gasteiger partial charge in [0.05, 0.1) is 51.1 Å². The number of benzene rings is 3. The van der Waals surface area contributed by atoms with Gasteiger partial charge >= 0.3 is 0 Å². The Kier molecular flexibility index (Phi) is 6.40. The summed E-state index contributed by atoms with van der Waals surface area (Å²) >= 11 is 0. The normalized spacial score (nSPS) is 11.1. The molecule has 0 spiro atoms. The van der Waals surface area contributed by atoms with Crippen LogP contribution in [0.25, 0.3) is 72.8 Å². The van der Waals surface area contributed by atoms with Crippen LogP contribution in [-0.4, -0.2) is 24.5 Å². The van der Waals surface area contributed by atoms with Gasteiger partial charge in [0.25, 0.3) is 0 Å². The van der Waals surface area contributed by atoms with E-state index < -0.39 is 0 Å². The van der Waals surface area contributed by atoms with Crippen molar-refractivity contribution in [2.24, 2.45) is 0 Å². The fourth-order valence-corrected chi connectivity index (χ4v) is 5.78. The first-order chi connectivity index (χ1) is 22.2. The quantitative estimate of drug-likeness (QED) is 0.204. The average molecular weight is 577 g/mol. The Labute approximate surface area is 259 Å². The smallest absolute Gasteiger partial charge is 0.138 e. The number of aromatic nitrogens is 5. The number of nitriles is 1. The van der Waals surface area contributed by atoms with Crippen LogP contribution < -0.4 is 0 Å². The highest BCUT2D eigenvalue weighted by Gasteiger charge is 2.14. The van der Waals surface area contributed by atoms with Crippen LogP contribution in [0.1, 0.15) is 5.56 Å². The minimum atomic E-state index is 0.651. The van der Waals surface area contributed by atoms with Gasteiger partial charge in [0.2, 0.25) is 0 Å². The van der Waals surface area contributed by atoms with Gasteiger partial charge in [-0.15, -0.1) is 0 Å². The predicted octanol–water partition coefficient (Wildman–Crippen LogP) is 8.90. The predicted molar refractivity (Wildman–Crippen MR) is 178 cm³/mol. The third-order valence-electron chi connectivity index (χ3n) is 7.99. The highest BCUT2D eigenvalue weighted by Crippen LogP contribution is 2.32. The van der Waals surface area contributed by atoms with Crippen LogP contribution in [0.4, 0.5) is 0 Å². The maximum absolute atomic E-state index is 9.08. The van der Waals surface area contributed by atoms with E-state index in [-0.39, 0.29) is 0 Å². The van der Waals surface area contributed by atoms with Gasteiger partial charge in [0, 0.05) is 28.7 Å². The summed E-state index contributed by atoms with van der Waals surface area (Å²) < 4.78 is 2.18. The zero-order chi connectivity index (χ0) is 30.2. The summed E-state index contributed by atoms with van der Waals surface area (Å²) in [6.07, 6.45) is 3.73. The van der Waals surface area contributed by atoms with E-state index in [0.29, 0.717) is 5.56 Å². The van der Waals surface area contributed by atoms with Crippen molar-refractivity contribution in [3.63, 3.8) is 0 Å². The molecule has 0 N–H and O–H groups in total. The molecule has 0 saturated carbocycles. The molecule has 6 nitrogen and oxygen atoms in total. The van der Waals surface area contributed by atoms with Gasteiger partial charge in [-0.05, 0) is 71.8 Å². The summed E-state index contributed by atoms with van der Waals surface area (Å²) in [5.41, 5.74) is 9.94. The molecular weight excluding hydrogens is 552 g/mol. The molecule has 8 aromatic rings. The summed E-state index contributed by atoms with van der Waals surface area (Å²) in [5, 5.41) is 11.3. The second-order valence-corrected chi connectivity index (χ2v) is 10.7. The van der Waals surface area contributed by atoms with Crippen LogP contribution in [0.15, 0.2) is 146 Å². The average Bonchev–Trinajstić information content (AvgIpc) is 3.46. The Morgan fingerprint density at radius 1 is 0.467 bits per heavy atom. The zero-order valence-electron chi connectivity index (χ0n) is 24.0. The molecule has 45 heavy (non-hydrogen) atoms. The lowest BCUT2D eigenvalue weighted by Gasteiger charge is -2.10. The van der Waals surface area contributed by atoms with Crippen molar-refractivity contribution >= 4 is 21.8 Å². The second kappa shape index (κ2) is 11.0. The molecule has 0 aliphatic carbocycles. The number of pyridine rings is 4. The van der Waals surface area contributed by atoms with E-state index in [1.807, 2.05) is 109 Å². The Balaban J connectivity index is 1.12. The number of hydrogen-bond donors (Lipinski definition) is 0. The maximum Gasteiger partial charge on any atom is 0.138 e. The van der Waals surface area contributed by atoms with E-state index in [2.05, 4.69) is 52.0 Å². The first kappa shape index (κ1) is 26.2. The molecule has 0 amide bonds. The zero-order valence-corrected chi connectivity index (χ0v) is 24.0. The standard InChI is InChI=1S/C39H24N6/c40-24-26-14-16-27(17-15-26)28-18-20-29(21-19-28)32-7-3-8-33(42-32)34-9-4-10-35(43-34)36-11-5-13-39(44-36)45-37-12-2-1-6-30(37)31-25-41-23-22-38(31)45/h1-23,25H. The number of hydrogen-bond acceptors (Lipinski definition) is 5. The largest absolute Gasteiger partial charge is 0.294 e. The SMILES string of the molecule is N#Cc1ccc(-c2ccc(-c3cccc(-c4cccc(-c5cccc(-n6c7ccccc7c7cnccc76)n5)n4)n3)cc2)cc1. The maximum atomic E-state index is 9.08. The lowest BCUT2D eigenvalue weighted by atomic mass is 10.0. The van der Waals surface area contributed by atoms with Crippen molar-refractivity contribution in [1.82, 2.24) is 24.5 Å². The van der Waals surface area contributed by atoms with Crippen molar-refractivity contribution in [2.45, 2.75) is 0 Å². The van der Waals surface area contributed by atoms with Crippen molar-refractivity contribution in [3.05, 3.63) is 151 Å². The van der Waals surface area contributed by atoms with Crippen molar-refractivity contribution < 1.29 is 0 Å². The molecule has 0 aliphatic heterocycles. The first-order valence-electron chi connectivity index (χ1n) is 14.6. The number of para-hydroxylation sites is 1. The monoisotopic (exact) mass is 576 g/mol. The lowest BCUT2D eigenvalue weighted by molar-refractivity contribution is 1.07. The molecule has 0 saturated heterocycles. The third kappa shape index (κ3) is 4.79. The molecule has 0 bridgehead atoms. The van der Waals surface area contributed by atoms with Crippen LogP contribution in [0, 0.1) is 11.3 Å². The van der Waals surface area contributed by atoms with Crippen LogP contribution in [0.5, 0.6) is 0 Å². The fraction of sp³-hybridized carbons (Fsp3) is 0. The molecule has 0 unspecified atom stereocenters. The summed E-state index contributed by atoms with van der Waals surface area (Å²) in [7, 11) is 0. The minimum Gasteiger partial charge on any atom is -0.294 e. The Hall–Kier alpha value is -6.45. The van der Waals surface area contributed by atoms with Gasteiger partial charge in [-0.2, -0.15) is 5.26 Å². The van der Waals surface area contributed by atoms with Crippen LogP contribution in [-0.2, 0) is 0 Å². The van der Waals surface area contributed by atoms with Gasteiger partial charge in [-0.3, -0.25) is 9.55 Å². The van der Waals surface area contributed by atoms with Crippen molar-refractivity contribution in [2.75, 3.05) is 0 Å². The first-order valence-corrected chi connectivity index (χ1v) is 14.6. The van der Waals surface area contributed by atoms with Gasteiger partial charge in [0.1, 0.15) is 5.82 Å². The number of rotatable bonds is 5. The summed E-state index contributed by atoms with van der Waals surface area (Å²) in [5.74, 6) is 0.821. The topological polar surface area (TPSA) is 80.3 Å². The highest BCUT2D eigenvalue weighted by atomic mass is 15.1.